The summed E-state index contributed by atoms with van der Waals surface area (Å²) in [6, 6.07) is 6.13. The second-order valence-electron chi connectivity index (χ2n) is 5.91. The Balaban J connectivity index is 0.00000242. The van der Waals surface area contributed by atoms with Crippen molar-refractivity contribution in [2.75, 3.05) is 32.1 Å². The van der Waals surface area contributed by atoms with E-state index in [1.807, 2.05) is 6.07 Å². The minimum Gasteiger partial charge on any atom is -0.384 e. The van der Waals surface area contributed by atoms with E-state index in [1.54, 1.807) is 7.11 Å². The largest absolute Gasteiger partial charge is 0.384 e. The van der Waals surface area contributed by atoms with E-state index in [0.717, 1.165) is 38.0 Å². The fraction of sp³-hybridized carbons (Fsp3) is 0.588. The lowest BCUT2D eigenvalue weighted by Gasteiger charge is -2.35. The lowest BCUT2D eigenvalue weighted by molar-refractivity contribution is -0.130. The Morgan fingerprint density at radius 1 is 1.36 bits per heavy atom. The molecule has 1 aromatic carbocycles. The average molecular weight is 327 g/mol. The molecule has 0 atom stereocenters. The molecule has 2 rings (SSSR count). The molecular weight excluding hydrogens is 300 g/mol. The molecule has 1 aliphatic heterocycles. The van der Waals surface area contributed by atoms with Gasteiger partial charge in [-0.25, -0.2) is 0 Å². The summed E-state index contributed by atoms with van der Waals surface area (Å²) >= 11 is 0. The van der Waals surface area contributed by atoms with Gasteiger partial charge in [-0.2, -0.15) is 0 Å². The summed E-state index contributed by atoms with van der Waals surface area (Å²) in [4.78, 5) is 12.7. The summed E-state index contributed by atoms with van der Waals surface area (Å²) in [6.45, 7) is 6.44. The fourth-order valence-corrected chi connectivity index (χ4v) is 3.01. The highest BCUT2D eigenvalue weighted by atomic mass is 35.5. The molecule has 0 spiro atoms. The summed E-state index contributed by atoms with van der Waals surface area (Å²) in [5.74, 6) is 0.0803. The maximum atomic E-state index is 12.7. The predicted octanol–water partition coefficient (Wildman–Crippen LogP) is 2.93. The molecule has 1 aromatic rings. The summed E-state index contributed by atoms with van der Waals surface area (Å²) < 4.78 is 5.32. The number of amides is 1. The summed E-state index contributed by atoms with van der Waals surface area (Å²) in [5, 5.41) is 6.40. The van der Waals surface area contributed by atoms with Crippen LogP contribution in [-0.2, 0) is 16.0 Å². The first-order valence-electron chi connectivity index (χ1n) is 7.72. The van der Waals surface area contributed by atoms with Gasteiger partial charge in [0.25, 0.3) is 0 Å². The van der Waals surface area contributed by atoms with Gasteiger partial charge < -0.3 is 15.4 Å². The third-order valence-corrected chi connectivity index (χ3v) is 4.45. The van der Waals surface area contributed by atoms with Crippen molar-refractivity contribution in [3.63, 3.8) is 0 Å². The van der Waals surface area contributed by atoms with Gasteiger partial charge in [-0.3, -0.25) is 4.79 Å². The molecular formula is C17H27ClN2O2. The number of ether oxygens (including phenoxy) is 1. The molecule has 2 N–H and O–H groups in total. The highest BCUT2D eigenvalue weighted by Gasteiger charge is 2.39. The Labute approximate surface area is 139 Å². The van der Waals surface area contributed by atoms with Crippen molar-refractivity contribution in [2.24, 2.45) is 5.41 Å². The molecule has 1 fully saturated rings. The number of aryl methyl sites for hydroxylation is 2. The lowest BCUT2D eigenvalue weighted by atomic mass is 9.78. The SMILES string of the molecule is CCc1cc(NC(=O)C2(COC)CCNCC2)ccc1C.Cl. The lowest BCUT2D eigenvalue weighted by Crippen LogP contribution is -2.47. The van der Waals surface area contributed by atoms with E-state index in [2.05, 4.69) is 36.6 Å². The predicted molar refractivity (Wildman–Crippen MR) is 92.8 cm³/mol. The van der Waals surface area contributed by atoms with Gasteiger partial charge in [-0.15, -0.1) is 12.4 Å². The van der Waals surface area contributed by atoms with E-state index in [1.165, 1.54) is 11.1 Å². The van der Waals surface area contributed by atoms with Crippen LogP contribution < -0.4 is 10.6 Å². The van der Waals surface area contributed by atoms with Crippen LogP contribution in [0, 0.1) is 12.3 Å². The number of rotatable bonds is 5. The van der Waals surface area contributed by atoms with E-state index >= 15 is 0 Å². The molecule has 1 aliphatic rings. The monoisotopic (exact) mass is 326 g/mol. The summed E-state index contributed by atoms with van der Waals surface area (Å²) in [6.07, 6.45) is 2.61. The van der Waals surface area contributed by atoms with Crippen LogP contribution in [-0.4, -0.2) is 32.7 Å². The molecule has 5 heteroatoms. The van der Waals surface area contributed by atoms with Gasteiger partial charge >= 0.3 is 0 Å². The Morgan fingerprint density at radius 2 is 2.05 bits per heavy atom. The van der Waals surface area contributed by atoms with Crippen molar-refractivity contribution in [1.29, 1.82) is 0 Å². The highest BCUT2D eigenvalue weighted by Crippen LogP contribution is 2.31. The number of carbonyl (C=O) groups is 1. The number of hydrogen-bond donors (Lipinski definition) is 2. The fourth-order valence-electron chi connectivity index (χ4n) is 3.01. The standard InChI is InChI=1S/C17H26N2O2.ClH/c1-4-14-11-15(6-5-13(14)2)19-16(20)17(12-21-3)7-9-18-10-8-17;/h5-6,11,18H,4,7-10,12H2,1-3H3,(H,19,20);1H. The number of carbonyl (C=O) groups excluding carboxylic acids is 1. The molecule has 0 aromatic heterocycles. The number of benzene rings is 1. The van der Waals surface area contributed by atoms with E-state index in [4.69, 9.17) is 4.74 Å². The average Bonchev–Trinajstić information content (AvgIpc) is 2.50. The summed E-state index contributed by atoms with van der Waals surface area (Å²) in [7, 11) is 1.66. The van der Waals surface area contributed by atoms with Crippen molar-refractivity contribution in [3.05, 3.63) is 29.3 Å². The maximum absolute atomic E-state index is 12.7. The Bertz CT molecular complexity index is 494. The summed E-state index contributed by atoms with van der Waals surface area (Å²) in [5.41, 5.74) is 3.02. The minimum atomic E-state index is -0.405. The number of methoxy groups -OCH3 is 1. The number of nitrogens with one attached hydrogen (secondary N) is 2. The number of hydrogen-bond acceptors (Lipinski definition) is 3. The van der Waals surface area contributed by atoms with E-state index in [9.17, 15) is 4.79 Å². The van der Waals surface area contributed by atoms with Crippen molar-refractivity contribution in [2.45, 2.75) is 33.1 Å². The highest BCUT2D eigenvalue weighted by molar-refractivity contribution is 5.95. The zero-order valence-corrected chi connectivity index (χ0v) is 14.5. The topological polar surface area (TPSA) is 50.4 Å². The van der Waals surface area contributed by atoms with Crippen LogP contribution >= 0.6 is 12.4 Å². The molecule has 1 heterocycles. The third kappa shape index (κ3) is 4.22. The number of halogens is 1. The van der Waals surface area contributed by atoms with Crippen molar-refractivity contribution >= 4 is 24.0 Å². The molecule has 22 heavy (non-hydrogen) atoms. The zero-order chi connectivity index (χ0) is 15.3. The number of piperidine rings is 1. The Hall–Kier alpha value is -1.10. The quantitative estimate of drug-likeness (QED) is 0.874. The van der Waals surface area contributed by atoms with Gasteiger partial charge in [0, 0.05) is 12.8 Å². The minimum absolute atomic E-state index is 0. The Kier molecular flexibility index (Phi) is 7.33. The van der Waals surface area contributed by atoms with Crippen LogP contribution in [0.1, 0.15) is 30.9 Å². The first-order valence-corrected chi connectivity index (χ1v) is 7.72. The van der Waals surface area contributed by atoms with Crippen LogP contribution in [0.5, 0.6) is 0 Å². The van der Waals surface area contributed by atoms with Crippen LogP contribution in [0.3, 0.4) is 0 Å². The van der Waals surface area contributed by atoms with Gasteiger partial charge in [0.05, 0.1) is 12.0 Å². The molecule has 0 bridgehead atoms. The van der Waals surface area contributed by atoms with Crippen molar-refractivity contribution in [3.8, 4) is 0 Å². The van der Waals surface area contributed by atoms with E-state index < -0.39 is 5.41 Å². The molecule has 0 unspecified atom stereocenters. The normalized spacial score (nSPS) is 16.7. The van der Waals surface area contributed by atoms with Crippen LogP contribution in [0.2, 0.25) is 0 Å². The van der Waals surface area contributed by atoms with Gasteiger partial charge in [0.1, 0.15) is 0 Å². The first-order chi connectivity index (χ1) is 10.1. The molecule has 0 saturated carbocycles. The molecule has 0 aliphatic carbocycles. The van der Waals surface area contributed by atoms with Crippen molar-refractivity contribution in [1.82, 2.24) is 5.32 Å². The zero-order valence-electron chi connectivity index (χ0n) is 13.7. The molecule has 1 saturated heterocycles. The third-order valence-electron chi connectivity index (χ3n) is 4.45. The maximum Gasteiger partial charge on any atom is 0.233 e. The van der Waals surface area contributed by atoms with Gasteiger partial charge in [-0.05, 0) is 62.5 Å². The second-order valence-corrected chi connectivity index (χ2v) is 5.91. The molecule has 124 valence electrons. The van der Waals surface area contributed by atoms with Crippen LogP contribution in [0.15, 0.2) is 18.2 Å². The van der Waals surface area contributed by atoms with E-state index in [0.29, 0.717) is 6.61 Å². The van der Waals surface area contributed by atoms with E-state index in [-0.39, 0.29) is 18.3 Å². The molecule has 1 amide bonds. The van der Waals surface area contributed by atoms with Crippen LogP contribution in [0.4, 0.5) is 5.69 Å². The smallest absolute Gasteiger partial charge is 0.233 e. The first kappa shape index (κ1) is 18.9. The molecule has 0 radical (unpaired) electrons. The Morgan fingerprint density at radius 3 is 2.64 bits per heavy atom. The second kappa shape index (κ2) is 8.51. The van der Waals surface area contributed by atoms with Crippen LogP contribution in [0.25, 0.3) is 0 Å². The van der Waals surface area contributed by atoms with Crippen molar-refractivity contribution < 1.29 is 9.53 Å². The van der Waals surface area contributed by atoms with Gasteiger partial charge in [0.2, 0.25) is 5.91 Å². The number of anilines is 1. The molecule has 4 nitrogen and oxygen atoms in total. The van der Waals surface area contributed by atoms with Gasteiger partial charge in [0.15, 0.2) is 0 Å². The van der Waals surface area contributed by atoms with Gasteiger partial charge in [-0.1, -0.05) is 13.0 Å².